The number of nitriles is 1. The average Bonchev–Trinajstić information content (AvgIpc) is 2.17. The first-order chi connectivity index (χ1) is 7.04. The molecule has 0 radical (unpaired) electrons. The van der Waals surface area contributed by atoms with Crippen LogP contribution in [0.15, 0.2) is 16.7 Å². The topological polar surface area (TPSA) is 39.9 Å². The van der Waals surface area contributed by atoms with Crippen molar-refractivity contribution in [2.75, 3.05) is 18.5 Å². The number of hydrogen-bond donors (Lipinski definition) is 0. The normalized spacial score (nSPS) is 11.9. The van der Waals surface area contributed by atoms with Crippen molar-refractivity contribution in [3.8, 4) is 6.07 Å². The maximum atomic E-state index is 8.71. The summed E-state index contributed by atoms with van der Waals surface area (Å²) in [6, 6.07) is 3.97. The van der Waals surface area contributed by atoms with E-state index in [2.05, 4.69) is 27.0 Å². The van der Waals surface area contributed by atoms with Crippen LogP contribution in [0.2, 0.25) is 5.02 Å². The lowest BCUT2D eigenvalue weighted by Crippen LogP contribution is -2.24. The highest BCUT2D eigenvalue weighted by molar-refractivity contribution is 9.10. The molecule has 1 heterocycles. The van der Waals surface area contributed by atoms with Gasteiger partial charge in [0, 0.05) is 19.8 Å². The lowest BCUT2D eigenvalue weighted by Gasteiger charge is -2.20. The third-order valence-corrected chi connectivity index (χ3v) is 2.71. The number of pyridine rings is 1. The van der Waals surface area contributed by atoms with Crippen LogP contribution in [0, 0.1) is 17.2 Å². The molecule has 0 amide bonds. The Morgan fingerprint density at radius 3 is 2.93 bits per heavy atom. The molecule has 80 valence electrons. The van der Waals surface area contributed by atoms with Crippen LogP contribution in [0.4, 0.5) is 5.82 Å². The van der Waals surface area contributed by atoms with E-state index in [0.29, 0.717) is 11.6 Å². The summed E-state index contributed by atoms with van der Waals surface area (Å²) >= 11 is 9.18. The fourth-order valence-electron chi connectivity index (χ4n) is 1.23. The van der Waals surface area contributed by atoms with Crippen molar-refractivity contribution in [1.29, 1.82) is 5.26 Å². The van der Waals surface area contributed by atoms with Crippen molar-refractivity contribution < 1.29 is 0 Å². The molecule has 0 spiro atoms. The predicted molar refractivity (Wildman–Crippen MR) is 65.0 cm³/mol. The first-order valence-electron chi connectivity index (χ1n) is 4.46. The number of aromatic nitrogens is 1. The van der Waals surface area contributed by atoms with Gasteiger partial charge in [0.1, 0.15) is 5.82 Å². The molecule has 1 atom stereocenters. The second-order valence-electron chi connectivity index (χ2n) is 3.37. The third-order valence-electron chi connectivity index (χ3n) is 1.92. The Hall–Kier alpha value is -0.790. The van der Waals surface area contributed by atoms with Gasteiger partial charge >= 0.3 is 0 Å². The van der Waals surface area contributed by atoms with Crippen molar-refractivity contribution in [1.82, 2.24) is 4.98 Å². The number of hydrogen-bond acceptors (Lipinski definition) is 3. The summed E-state index contributed by atoms with van der Waals surface area (Å²) in [5.41, 5.74) is 0. The Morgan fingerprint density at radius 2 is 2.40 bits per heavy atom. The van der Waals surface area contributed by atoms with E-state index >= 15 is 0 Å². The Bertz CT molecular complexity index is 389. The van der Waals surface area contributed by atoms with Crippen LogP contribution < -0.4 is 4.90 Å². The Kier molecular flexibility index (Phi) is 4.37. The maximum absolute atomic E-state index is 8.71. The molecule has 1 aromatic heterocycles. The zero-order valence-electron chi connectivity index (χ0n) is 8.54. The van der Waals surface area contributed by atoms with Gasteiger partial charge in [0.25, 0.3) is 0 Å². The molecule has 1 aromatic rings. The van der Waals surface area contributed by atoms with Crippen LogP contribution in [0.1, 0.15) is 6.92 Å². The molecular formula is C10H11BrClN3. The Balaban J connectivity index is 2.83. The maximum Gasteiger partial charge on any atom is 0.142 e. The van der Waals surface area contributed by atoms with Gasteiger partial charge in [-0.15, -0.1) is 0 Å². The van der Waals surface area contributed by atoms with E-state index in [1.165, 1.54) is 0 Å². The Labute approximate surface area is 103 Å². The summed E-state index contributed by atoms with van der Waals surface area (Å²) in [6.45, 7) is 2.52. The van der Waals surface area contributed by atoms with Crippen molar-refractivity contribution >= 4 is 33.3 Å². The quantitative estimate of drug-likeness (QED) is 0.858. The minimum Gasteiger partial charge on any atom is -0.357 e. The monoisotopic (exact) mass is 287 g/mol. The fourth-order valence-corrected chi connectivity index (χ4v) is 2.17. The molecular weight excluding hydrogens is 277 g/mol. The molecule has 15 heavy (non-hydrogen) atoms. The summed E-state index contributed by atoms with van der Waals surface area (Å²) in [7, 11) is 1.90. The van der Waals surface area contributed by atoms with Crippen LogP contribution in [0.25, 0.3) is 0 Å². The van der Waals surface area contributed by atoms with Crippen molar-refractivity contribution in [2.45, 2.75) is 6.92 Å². The third kappa shape index (κ3) is 3.37. The SMILES string of the molecule is CC(C#N)CN(C)c1ncc(Cl)cc1Br. The van der Waals surface area contributed by atoms with Crippen LogP contribution in [-0.2, 0) is 0 Å². The van der Waals surface area contributed by atoms with Crippen LogP contribution >= 0.6 is 27.5 Å². The van der Waals surface area contributed by atoms with Gasteiger partial charge in [-0.1, -0.05) is 11.6 Å². The van der Waals surface area contributed by atoms with Gasteiger partial charge in [-0.05, 0) is 28.9 Å². The molecule has 3 nitrogen and oxygen atoms in total. The van der Waals surface area contributed by atoms with E-state index in [1.54, 1.807) is 12.3 Å². The van der Waals surface area contributed by atoms with Crippen LogP contribution in [-0.4, -0.2) is 18.6 Å². The average molecular weight is 289 g/mol. The summed E-state index contributed by atoms with van der Waals surface area (Å²) in [5, 5.41) is 9.30. The van der Waals surface area contributed by atoms with E-state index in [4.69, 9.17) is 16.9 Å². The number of rotatable bonds is 3. The van der Waals surface area contributed by atoms with Gasteiger partial charge in [-0.3, -0.25) is 0 Å². The predicted octanol–water partition coefficient (Wildman–Crippen LogP) is 3.09. The molecule has 0 saturated heterocycles. The summed E-state index contributed by atoms with van der Waals surface area (Å²) in [4.78, 5) is 6.13. The number of anilines is 1. The first kappa shape index (κ1) is 12.3. The van der Waals surface area contributed by atoms with Gasteiger partial charge in [0.05, 0.1) is 21.5 Å². The van der Waals surface area contributed by atoms with Crippen LogP contribution in [0.3, 0.4) is 0 Å². The summed E-state index contributed by atoms with van der Waals surface area (Å²) in [6.07, 6.45) is 1.59. The molecule has 0 aliphatic carbocycles. The molecule has 0 aliphatic heterocycles. The van der Waals surface area contributed by atoms with Gasteiger partial charge in [-0.2, -0.15) is 5.26 Å². The lowest BCUT2D eigenvalue weighted by molar-refractivity contribution is 0.709. The molecule has 0 bridgehead atoms. The van der Waals surface area contributed by atoms with Gasteiger partial charge in [0.2, 0.25) is 0 Å². The Morgan fingerprint density at radius 1 is 1.73 bits per heavy atom. The second kappa shape index (κ2) is 5.34. The summed E-state index contributed by atoms with van der Waals surface area (Å²) in [5.74, 6) is 0.765. The molecule has 0 fully saturated rings. The molecule has 0 N–H and O–H groups in total. The van der Waals surface area contributed by atoms with E-state index in [9.17, 15) is 0 Å². The molecule has 0 aliphatic rings. The molecule has 0 aromatic carbocycles. The minimum absolute atomic E-state index is 0.0284. The van der Waals surface area contributed by atoms with Gasteiger partial charge < -0.3 is 4.90 Å². The molecule has 1 rings (SSSR count). The van der Waals surface area contributed by atoms with Gasteiger partial charge in [0.15, 0.2) is 0 Å². The smallest absolute Gasteiger partial charge is 0.142 e. The fraction of sp³-hybridized carbons (Fsp3) is 0.400. The molecule has 5 heteroatoms. The van der Waals surface area contributed by atoms with Crippen molar-refractivity contribution in [3.05, 3.63) is 21.8 Å². The van der Waals surface area contributed by atoms with Gasteiger partial charge in [-0.25, -0.2) is 4.98 Å². The standard InChI is InChI=1S/C10H11BrClN3/c1-7(4-13)6-15(2)10-9(11)3-8(12)5-14-10/h3,5,7H,6H2,1-2H3. The van der Waals surface area contributed by atoms with E-state index in [-0.39, 0.29) is 5.92 Å². The van der Waals surface area contributed by atoms with Crippen molar-refractivity contribution in [2.24, 2.45) is 5.92 Å². The molecule has 1 unspecified atom stereocenters. The number of nitrogens with zero attached hydrogens (tertiary/aromatic N) is 3. The highest BCUT2D eigenvalue weighted by Gasteiger charge is 2.10. The molecule has 0 saturated carbocycles. The lowest BCUT2D eigenvalue weighted by atomic mass is 10.2. The van der Waals surface area contributed by atoms with E-state index in [0.717, 1.165) is 10.3 Å². The zero-order chi connectivity index (χ0) is 11.4. The van der Waals surface area contributed by atoms with Crippen LogP contribution in [0.5, 0.6) is 0 Å². The van der Waals surface area contributed by atoms with E-state index < -0.39 is 0 Å². The summed E-state index contributed by atoms with van der Waals surface area (Å²) < 4.78 is 0.836. The second-order valence-corrected chi connectivity index (χ2v) is 4.66. The highest BCUT2D eigenvalue weighted by Crippen LogP contribution is 2.25. The number of halogens is 2. The van der Waals surface area contributed by atoms with Crippen molar-refractivity contribution in [3.63, 3.8) is 0 Å². The first-order valence-corrected chi connectivity index (χ1v) is 5.63. The highest BCUT2D eigenvalue weighted by atomic mass is 79.9. The zero-order valence-corrected chi connectivity index (χ0v) is 10.9. The largest absolute Gasteiger partial charge is 0.357 e. The minimum atomic E-state index is -0.0284. The van der Waals surface area contributed by atoms with E-state index in [1.807, 2.05) is 18.9 Å².